The van der Waals surface area contributed by atoms with Crippen LogP contribution in [0.4, 0.5) is 0 Å². The van der Waals surface area contributed by atoms with Crippen molar-refractivity contribution in [2.24, 2.45) is 23.2 Å². The first kappa shape index (κ1) is 24.1. The smallest absolute Gasteiger partial charge is 0.116 e. The van der Waals surface area contributed by atoms with Crippen molar-refractivity contribution in [3.63, 3.8) is 0 Å². The molecule has 33 heavy (non-hydrogen) atoms. The molecule has 2 aliphatic carbocycles. The molecule has 2 aromatic carbocycles. The minimum absolute atomic E-state index is 0.372. The Morgan fingerprint density at radius 1 is 1.06 bits per heavy atom. The lowest BCUT2D eigenvalue weighted by molar-refractivity contribution is 0.119. The van der Waals surface area contributed by atoms with Crippen LogP contribution >= 0.6 is 0 Å². The summed E-state index contributed by atoms with van der Waals surface area (Å²) in [4.78, 5) is 0. The van der Waals surface area contributed by atoms with Crippen LogP contribution < -0.4 is 5.32 Å². The number of hydrogen-bond acceptors (Lipinski definition) is 2. The second kappa shape index (κ2) is 10.9. The summed E-state index contributed by atoms with van der Waals surface area (Å²) in [5.41, 5.74) is 5.59. The fourth-order valence-corrected chi connectivity index (χ4v) is 6.53. The monoisotopic (exact) mass is 445 g/mol. The molecule has 2 aromatic rings. The third-order valence-corrected chi connectivity index (χ3v) is 8.18. The highest BCUT2D eigenvalue weighted by Crippen LogP contribution is 2.48. The number of aromatic hydroxyl groups is 1. The van der Waals surface area contributed by atoms with E-state index < -0.39 is 0 Å². The number of phenols is 1. The van der Waals surface area contributed by atoms with Crippen molar-refractivity contribution in [1.82, 2.24) is 5.32 Å². The maximum Gasteiger partial charge on any atom is 0.116 e. The summed E-state index contributed by atoms with van der Waals surface area (Å²) in [6.07, 6.45) is 14.9. The average molecular weight is 446 g/mol. The summed E-state index contributed by atoms with van der Waals surface area (Å²) in [7, 11) is 0. The van der Waals surface area contributed by atoms with Crippen LogP contribution in [0.1, 0.15) is 81.5 Å². The van der Waals surface area contributed by atoms with Gasteiger partial charge in [-0.2, -0.15) is 0 Å². The van der Waals surface area contributed by atoms with Gasteiger partial charge in [0.05, 0.1) is 0 Å². The highest BCUT2D eigenvalue weighted by Gasteiger charge is 2.37. The summed E-state index contributed by atoms with van der Waals surface area (Å²) in [5, 5.41) is 14.0. The number of rotatable bonds is 8. The van der Waals surface area contributed by atoms with Crippen molar-refractivity contribution in [2.45, 2.75) is 78.7 Å². The van der Waals surface area contributed by atoms with Crippen molar-refractivity contribution in [2.75, 3.05) is 6.54 Å². The summed E-state index contributed by atoms with van der Waals surface area (Å²) in [6, 6.07) is 15.0. The lowest BCUT2D eigenvalue weighted by atomic mass is 9.61. The van der Waals surface area contributed by atoms with E-state index in [-0.39, 0.29) is 0 Å². The van der Waals surface area contributed by atoms with Crippen LogP contribution in [0.15, 0.2) is 54.6 Å². The van der Waals surface area contributed by atoms with E-state index in [2.05, 4.69) is 68.6 Å². The van der Waals surface area contributed by atoms with Crippen LogP contribution in [0, 0.1) is 23.2 Å². The van der Waals surface area contributed by atoms with E-state index in [9.17, 15) is 5.11 Å². The maximum atomic E-state index is 10.5. The highest BCUT2D eigenvalue weighted by atomic mass is 16.3. The van der Waals surface area contributed by atoms with Gasteiger partial charge in [-0.25, -0.2) is 0 Å². The predicted molar refractivity (Wildman–Crippen MR) is 140 cm³/mol. The van der Waals surface area contributed by atoms with E-state index in [1.54, 1.807) is 0 Å². The second-order valence-electron chi connectivity index (χ2n) is 11.1. The van der Waals surface area contributed by atoms with Crippen LogP contribution in [-0.4, -0.2) is 11.7 Å². The van der Waals surface area contributed by atoms with Gasteiger partial charge in [-0.3, -0.25) is 0 Å². The molecule has 4 atom stereocenters. The van der Waals surface area contributed by atoms with Crippen molar-refractivity contribution in [3.05, 3.63) is 76.9 Å². The Kier molecular flexibility index (Phi) is 7.96. The van der Waals surface area contributed by atoms with Gasteiger partial charge in [-0.1, -0.05) is 76.1 Å². The molecule has 4 rings (SSSR count). The molecule has 2 N–H and O–H groups in total. The lowest BCUT2D eigenvalue weighted by Crippen LogP contribution is -2.33. The number of benzene rings is 2. The van der Waals surface area contributed by atoms with Crippen molar-refractivity contribution < 1.29 is 5.11 Å². The van der Waals surface area contributed by atoms with E-state index in [1.165, 1.54) is 60.8 Å². The molecule has 2 heteroatoms. The molecular formula is C31H43NO. The van der Waals surface area contributed by atoms with Gasteiger partial charge in [0, 0.05) is 6.54 Å². The Labute approximate surface area is 201 Å². The van der Waals surface area contributed by atoms with Gasteiger partial charge >= 0.3 is 0 Å². The van der Waals surface area contributed by atoms with Gasteiger partial charge < -0.3 is 10.4 Å². The van der Waals surface area contributed by atoms with Gasteiger partial charge in [0.2, 0.25) is 0 Å². The molecule has 0 amide bonds. The van der Waals surface area contributed by atoms with Crippen molar-refractivity contribution >= 4 is 0 Å². The third-order valence-electron chi connectivity index (χ3n) is 8.18. The molecule has 1 fully saturated rings. The van der Waals surface area contributed by atoms with Crippen molar-refractivity contribution in [3.8, 4) is 5.75 Å². The Morgan fingerprint density at radius 3 is 2.64 bits per heavy atom. The van der Waals surface area contributed by atoms with E-state index in [0.29, 0.717) is 11.2 Å². The van der Waals surface area contributed by atoms with E-state index >= 15 is 0 Å². The molecule has 178 valence electrons. The number of phenolic OH excluding ortho intramolecular Hbond substituents is 1. The van der Waals surface area contributed by atoms with Crippen LogP contribution in [0.25, 0.3) is 0 Å². The van der Waals surface area contributed by atoms with E-state index in [4.69, 9.17) is 0 Å². The average Bonchev–Trinajstić information content (AvgIpc) is 2.78. The first-order chi connectivity index (χ1) is 15.9. The van der Waals surface area contributed by atoms with Crippen molar-refractivity contribution in [1.29, 1.82) is 0 Å². The molecule has 0 heterocycles. The Hall–Kier alpha value is -2.06. The standard InChI is InChI=1S/C31H43NO/c1-4-32-22-28-12-6-5-11-27(28)17-26-16-25(19-30(33)20-26)15-24-10-7-13-29(18-24)31(3)14-8-9-23(2)21-31/h5-6,8,11-12,14,16,19-20,23-24,29,32-33H,4,7,9-10,13,15,17-18,21-22H2,1-3H3. The molecule has 2 aliphatic rings. The summed E-state index contributed by atoms with van der Waals surface area (Å²) >= 11 is 0. The molecule has 0 aliphatic heterocycles. The zero-order valence-corrected chi connectivity index (χ0v) is 20.9. The lowest BCUT2D eigenvalue weighted by Gasteiger charge is -2.43. The number of nitrogens with one attached hydrogen (secondary N) is 1. The van der Waals surface area contributed by atoms with Crippen LogP contribution in [0.5, 0.6) is 5.75 Å². The fourth-order valence-electron chi connectivity index (χ4n) is 6.53. The maximum absolute atomic E-state index is 10.5. The quantitative estimate of drug-likeness (QED) is 0.414. The van der Waals surface area contributed by atoms with Crippen LogP contribution in [0.2, 0.25) is 0 Å². The van der Waals surface area contributed by atoms with E-state index in [1.807, 2.05) is 12.1 Å². The highest BCUT2D eigenvalue weighted by molar-refractivity contribution is 5.39. The SMILES string of the molecule is CCNCc1ccccc1Cc1cc(O)cc(CC2CCCC(C3(C)C=CCC(C)C3)C2)c1. The minimum atomic E-state index is 0.372. The minimum Gasteiger partial charge on any atom is -0.508 e. The van der Waals surface area contributed by atoms with Crippen LogP contribution in [0.3, 0.4) is 0 Å². The van der Waals surface area contributed by atoms with Gasteiger partial charge in [-0.05, 0) is 103 Å². The molecule has 0 bridgehead atoms. The fraction of sp³-hybridized carbons (Fsp3) is 0.548. The topological polar surface area (TPSA) is 32.3 Å². The zero-order valence-electron chi connectivity index (χ0n) is 20.9. The summed E-state index contributed by atoms with van der Waals surface area (Å²) < 4.78 is 0. The van der Waals surface area contributed by atoms with Crippen LogP contribution in [-0.2, 0) is 19.4 Å². The predicted octanol–water partition coefficient (Wildman–Crippen LogP) is 7.43. The third kappa shape index (κ3) is 6.29. The zero-order chi connectivity index (χ0) is 23.3. The molecular weight excluding hydrogens is 402 g/mol. The van der Waals surface area contributed by atoms with Gasteiger partial charge in [0.1, 0.15) is 5.75 Å². The Bertz CT molecular complexity index is 948. The molecule has 0 spiro atoms. The summed E-state index contributed by atoms with van der Waals surface area (Å²) in [5.74, 6) is 2.74. The number of hydrogen-bond donors (Lipinski definition) is 2. The molecule has 0 saturated heterocycles. The van der Waals surface area contributed by atoms with E-state index in [0.717, 1.165) is 43.7 Å². The first-order valence-corrected chi connectivity index (χ1v) is 13.2. The number of allylic oxidation sites excluding steroid dienone is 2. The largest absolute Gasteiger partial charge is 0.508 e. The normalized spacial score (nSPS) is 27.5. The van der Waals surface area contributed by atoms with Gasteiger partial charge in [0.15, 0.2) is 0 Å². The second-order valence-corrected chi connectivity index (χ2v) is 11.1. The van der Waals surface area contributed by atoms with Gasteiger partial charge in [-0.15, -0.1) is 0 Å². The first-order valence-electron chi connectivity index (χ1n) is 13.2. The molecule has 4 unspecified atom stereocenters. The Morgan fingerprint density at radius 2 is 1.85 bits per heavy atom. The summed E-state index contributed by atoms with van der Waals surface area (Å²) in [6.45, 7) is 8.93. The molecule has 2 nitrogen and oxygen atoms in total. The molecule has 0 radical (unpaired) electrons. The molecule has 0 aromatic heterocycles. The van der Waals surface area contributed by atoms with Gasteiger partial charge in [0.25, 0.3) is 0 Å². The molecule has 1 saturated carbocycles. The Balaban J connectivity index is 1.45.